The molecule has 1 aliphatic rings. The molecule has 0 saturated heterocycles. The van der Waals surface area contributed by atoms with Crippen molar-refractivity contribution in [1.82, 2.24) is 0 Å². The molecule has 0 fully saturated rings. The first-order chi connectivity index (χ1) is 9.33. The Morgan fingerprint density at radius 1 is 1.25 bits per heavy atom. The first-order valence-electron chi connectivity index (χ1n) is 7.02. The maximum Gasteiger partial charge on any atom is 0.334 e. The van der Waals surface area contributed by atoms with Crippen LogP contribution in [-0.4, -0.2) is 24.6 Å². The molecule has 0 bridgehead atoms. The second kappa shape index (κ2) is 7.27. The van der Waals surface area contributed by atoms with E-state index in [1.54, 1.807) is 0 Å². The SMILES string of the molecule is COC(=O)CC/C=C/C1=C(C(=O)OC(C)(C)C)CCC1. The maximum absolute atomic E-state index is 12.1. The molecule has 0 spiro atoms. The van der Waals surface area contributed by atoms with Crippen molar-refractivity contribution in [3.63, 3.8) is 0 Å². The summed E-state index contributed by atoms with van der Waals surface area (Å²) in [6, 6.07) is 0. The standard InChI is InChI=1S/C16H24O4/c1-16(2,3)20-15(18)13-10-7-9-12(13)8-5-6-11-14(17)19-4/h5,8H,6-7,9-11H2,1-4H3/b8-5+. The Hall–Kier alpha value is -1.58. The van der Waals surface area contributed by atoms with E-state index in [9.17, 15) is 9.59 Å². The number of carbonyl (C=O) groups excluding carboxylic acids is 2. The zero-order chi connectivity index (χ0) is 15.2. The van der Waals surface area contributed by atoms with Crippen LogP contribution in [0.15, 0.2) is 23.3 Å². The summed E-state index contributed by atoms with van der Waals surface area (Å²) in [6.45, 7) is 5.60. The molecule has 1 aliphatic carbocycles. The lowest BCUT2D eigenvalue weighted by atomic mass is 10.1. The fourth-order valence-corrected chi connectivity index (χ4v) is 2.05. The zero-order valence-electron chi connectivity index (χ0n) is 12.8. The quantitative estimate of drug-likeness (QED) is 0.725. The first-order valence-corrected chi connectivity index (χ1v) is 7.02. The van der Waals surface area contributed by atoms with Gasteiger partial charge in [0.1, 0.15) is 5.60 Å². The third kappa shape index (κ3) is 5.59. The van der Waals surface area contributed by atoms with Crippen LogP contribution in [0.1, 0.15) is 52.9 Å². The minimum absolute atomic E-state index is 0.220. The smallest absolute Gasteiger partial charge is 0.334 e. The number of ether oxygens (including phenoxy) is 2. The van der Waals surface area contributed by atoms with Gasteiger partial charge in [-0.3, -0.25) is 4.79 Å². The second-order valence-corrected chi connectivity index (χ2v) is 5.88. The van der Waals surface area contributed by atoms with Crippen molar-refractivity contribution in [3.05, 3.63) is 23.3 Å². The molecule has 112 valence electrons. The van der Waals surface area contributed by atoms with Gasteiger partial charge in [0.25, 0.3) is 0 Å². The van der Waals surface area contributed by atoms with Gasteiger partial charge in [0.2, 0.25) is 0 Å². The van der Waals surface area contributed by atoms with Crippen molar-refractivity contribution in [2.24, 2.45) is 0 Å². The van der Waals surface area contributed by atoms with Crippen LogP contribution in [0.4, 0.5) is 0 Å². The number of carbonyl (C=O) groups is 2. The Morgan fingerprint density at radius 2 is 1.95 bits per heavy atom. The van der Waals surface area contributed by atoms with Crippen molar-refractivity contribution in [2.75, 3.05) is 7.11 Å². The predicted octanol–water partition coefficient (Wildman–Crippen LogP) is 3.32. The van der Waals surface area contributed by atoms with Gasteiger partial charge in [-0.15, -0.1) is 0 Å². The van der Waals surface area contributed by atoms with E-state index in [2.05, 4.69) is 4.74 Å². The second-order valence-electron chi connectivity index (χ2n) is 5.88. The van der Waals surface area contributed by atoms with Crippen molar-refractivity contribution in [2.45, 2.75) is 58.5 Å². The molecule has 20 heavy (non-hydrogen) atoms. The predicted molar refractivity (Wildman–Crippen MR) is 77.1 cm³/mol. The van der Waals surface area contributed by atoms with Crippen molar-refractivity contribution in [3.8, 4) is 0 Å². The highest BCUT2D eigenvalue weighted by molar-refractivity contribution is 5.90. The van der Waals surface area contributed by atoms with E-state index < -0.39 is 5.60 Å². The van der Waals surface area contributed by atoms with Crippen LogP contribution in [0.25, 0.3) is 0 Å². The molecule has 0 aromatic carbocycles. The highest BCUT2D eigenvalue weighted by Gasteiger charge is 2.24. The largest absolute Gasteiger partial charge is 0.469 e. The van der Waals surface area contributed by atoms with Gasteiger partial charge < -0.3 is 9.47 Å². The summed E-state index contributed by atoms with van der Waals surface area (Å²) in [5.74, 6) is -0.440. The normalized spacial score (nSPS) is 15.8. The Morgan fingerprint density at radius 3 is 2.55 bits per heavy atom. The highest BCUT2D eigenvalue weighted by atomic mass is 16.6. The van der Waals surface area contributed by atoms with Gasteiger partial charge in [-0.05, 0) is 52.0 Å². The average Bonchev–Trinajstić information content (AvgIpc) is 2.80. The Bertz CT molecular complexity index is 424. The molecule has 0 aliphatic heterocycles. The molecule has 0 unspecified atom stereocenters. The minimum atomic E-state index is -0.466. The molecule has 4 nitrogen and oxygen atoms in total. The van der Waals surface area contributed by atoms with E-state index in [1.165, 1.54) is 7.11 Å². The van der Waals surface area contributed by atoms with Crippen LogP contribution >= 0.6 is 0 Å². The molecular weight excluding hydrogens is 256 g/mol. The van der Waals surface area contributed by atoms with Gasteiger partial charge >= 0.3 is 11.9 Å². The molecule has 0 atom stereocenters. The molecule has 0 saturated carbocycles. The molecule has 0 amide bonds. The number of hydrogen-bond donors (Lipinski definition) is 0. The molecule has 0 aromatic rings. The first kappa shape index (κ1) is 16.5. The van der Waals surface area contributed by atoms with Gasteiger partial charge in [0, 0.05) is 12.0 Å². The van der Waals surface area contributed by atoms with Gasteiger partial charge in [0.15, 0.2) is 0 Å². The van der Waals surface area contributed by atoms with Gasteiger partial charge in [-0.25, -0.2) is 4.79 Å². The van der Waals surface area contributed by atoms with E-state index in [-0.39, 0.29) is 11.9 Å². The molecule has 1 rings (SSSR count). The third-order valence-corrected chi connectivity index (χ3v) is 2.97. The summed E-state index contributed by atoms with van der Waals surface area (Å²) in [7, 11) is 1.38. The topological polar surface area (TPSA) is 52.6 Å². The lowest BCUT2D eigenvalue weighted by molar-refractivity contribution is -0.150. The fraction of sp³-hybridized carbons (Fsp3) is 0.625. The summed E-state index contributed by atoms with van der Waals surface area (Å²) >= 11 is 0. The summed E-state index contributed by atoms with van der Waals surface area (Å²) in [5, 5.41) is 0. The van der Waals surface area contributed by atoms with Crippen molar-refractivity contribution < 1.29 is 19.1 Å². The van der Waals surface area contributed by atoms with E-state index >= 15 is 0 Å². The minimum Gasteiger partial charge on any atom is -0.469 e. The fourth-order valence-electron chi connectivity index (χ4n) is 2.05. The van der Waals surface area contributed by atoms with Crippen molar-refractivity contribution in [1.29, 1.82) is 0 Å². The molecule has 0 radical (unpaired) electrons. The number of allylic oxidation sites excluding steroid dienone is 3. The third-order valence-electron chi connectivity index (χ3n) is 2.97. The van der Waals surface area contributed by atoms with Crippen LogP contribution in [-0.2, 0) is 19.1 Å². The van der Waals surface area contributed by atoms with Crippen LogP contribution < -0.4 is 0 Å². The van der Waals surface area contributed by atoms with Crippen LogP contribution in [0.3, 0.4) is 0 Å². The number of rotatable bonds is 5. The Balaban J connectivity index is 2.61. The zero-order valence-corrected chi connectivity index (χ0v) is 12.8. The van der Waals surface area contributed by atoms with E-state index in [0.29, 0.717) is 12.8 Å². The number of hydrogen-bond acceptors (Lipinski definition) is 4. The Kier molecular flexibility index (Phi) is 5.99. The number of methoxy groups -OCH3 is 1. The molecule has 0 heterocycles. The van der Waals surface area contributed by atoms with Gasteiger partial charge in [-0.2, -0.15) is 0 Å². The summed E-state index contributed by atoms with van der Waals surface area (Å²) in [4.78, 5) is 23.1. The van der Waals surface area contributed by atoms with Gasteiger partial charge in [-0.1, -0.05) is 12.2 Å². The van der Waals surface area contributed by atoms with Crippen LogP contribution in [0, 0.1) is 0 Å². The van der Waals surface area contributed by atoms with Gasteiger partial charge in [0.05, 0.1) is 7.11 Å². The molecule has 4 heteroatoms. The monoisotopic (exact) mass is 280 g/mol. The molecular formula is C16H24O4. The lowest BCUT2D eigenvalue weighted by Gasteiger charge is -2.20. The summed E-state index contributed by atoms with van der Waals surface area (Å²) in [6.07, 6.45) is 7.48. The van der Waals surface area contributed by atoms with Crippen molar-refractivity contribution >= 4 is 11.9 Å². The molecule has 0 aromatic heterocycles. The average molecular weight is 280 g/mol. The van der Waals surface area contributed by atoms with E-state index in [1.807, 2.05) is 32.9 Å². The Labute approximate surface area is 120 Å². The summed E-state index contributed by atoms with van der Waals surface area (Å²) < 4.78 is 9.99. The number of esters is 2. The van der Waals surface area contributed by atoms with E-state index in [4.69, 9.17) is 4.74 Å². The molecule has 0 N–H and O–H groups in total. The van der Waals surface area contributed by atoms with Crippen LogP contribution in [0.2, 0.25) is 0 Å². The lowest BCUT2D eigenvalue weighted by Crippen LogP contribution is -2.24. The summed E-state index contributed by atoms with van der Waals surface area (Å²) in [5.41, 5.74) is 1.34. The van der Waals surface area contributed by atoms with Crippen LogP contribution in [0.5, 0.6) is 0 Å². The highest BCUT2D eigenvalue weighted by Crippen LogP contribution is 2.29. The maximum atomic E-state index is 12.1. The van der Waals surface area contributed by atoms with E-state index in [0.717, 1.165) is 30.4 Å².